The third-order valence-electron chi connectivity index (χ3n) is 2.99. The Bertz CT molecular complexity index is 291. The highest BCUT2D eigenvalue weighted by atomic mass is 15.2. The molecular weight excluding hydrogens is 198 g/mol. The Kier molecular flexibility index (Phi) is 5.53. The van der Waals surface area contributed by atoms with Gasteiger partial charge in [-0.05, 0) is 37.8 Å². The molecule has 1 atom stereocenters. The van der Waals surface area contributed by atoms with Crippen molar-refractivity contribution in [2.45, 2.75) is 46.1 Å². The van der Waals surface area contributed by atoms with E-state index in [0.29, 0.717) is 12.0 Å². The molecular formula is C13H25N3. The Labute approximate surface area is 99.2 Å². The van der Waals surface area contributed by atoms with Crippen LogP contribution in [0.5, 0.6) is 0 Å². The summed E-state index contributed by atoms with van der Waals surface area (Å²) in [5, 5.41) is 7.94. The minimum absolute atomic E-state index is 0.647. The van der Waals surface area contributed by atoms with E-state index in [1.165, 1.54) is 18.5 Å². The Balaban J connectivity index is 2.27. The van der Waals surface area contributed by atoms with E-state index >= 15 is 0 Å². The lowest BCUT2D eigenvalue weighted by atomic mass is 9.98. The van der Waals surface area contributed by atoms with E-state index in [9.17, 15) is 0 Å². The number of aromatic nitrogens is 2. The Morgan fingerprint density at radius 1 is 1.44 bits per heavy atom. The van der Waals surface area contributed by atoms with Gasteiger partial charge in [0, 0.05) is 19.3 Å². The molecule has 3 nitrogen and oxygen atoms in total. The van der Waals surface area contributed by atoms with Crippen LogP contribution >= 0.6 is 0 Å². The van der Waals surface area contributed by atoms with Gasteiger partial charge in [0.05, 0.1) is 5.69 Å². The summed E-state index contributed by atoms with van der Waals surface area (Å²) in [6.45, 7) is 7.81. The van der Waals surface area contributed by atoms with Crippen LogP contribution in [-0.4, -0.2) is 22.4 Å². The van der Waals surface area contributed by atoms with Crippen molar-refractivity contribution < 1.29 is 0 Å². The molecule has 1 N–H and O–H groups in total. The van der Waals surface area contributed by atoms with E-state index in [0.717, 1.165) is 13.0 Å². The standard InChI is InChI=1S/C13H25N3/c1-5-14-13(11(2)3)8-6-7-12-9-10-16(4)15-12/h9-11,13-14H,5-8H2,1-4H3. The molecule has 0 radical (unpaired) electrons. The zero-order valence-corrected chi connectivity index (χ0v) is 11.0. The Morgan fingerprint density at radius 2 is 2.19 bits per heavy atom. The van der Waals surface area contributed by atoms with Gasteiger partial charge in [-0.2, -0.15) is 5.10 Å². The average molecular weight is 223 g/mol. The summed E-state index contributed by atoms with van der Waals surface area (Å²) in [7, 11) is 1.97. The second-order valence-electron chi connectivity index (χ2n) is 4.78. The fourth-order valence-electron chi connectivity index (χ4n) is 2.03. The SMILES string of the molecule is CCNC(CCCc1ccn(C)n1)C(C)C. The summed E-state index contributed by atoms with van der Waals surface area (Å²) in [4.78, 5) is 0. The fourth-order valence-corrected chi connectivity index (χ4v) is 2.03. The van der Waals surface area contributed by atoms with Crippen molar-refractivity contribution in [2.75, 3.05) is 6.54 Å². The summed E-state index contributed by atoms with van der Waals surface area (Å²) in [6.07, 6.45) is 5.56. The van der Waals surface area contributed by atoms with E-state index in [-0.39, 0.29) is 0 Å². The number of nitrogens with zero attached hydrogens (tertiary/aromatic N) is 2. The molecule has 0 fully saturated rings. The van der Waals surface area contributed by atoms with Crippen molar-refractivity contribution in [3.63, 3.8) is 0 Å². The van der Waals surface area contributed by atoms with Crippen LogP contribution < -0.4 is 5.32 Å². The van der Waals surface area contributed by atoms with Crippen molar-refractivity contribution >= 4 is 0 Å². The third kappa shape index (κ3) is 4.35. The molecule has 0 aromatic carbocycles. The van der Waals surface area contributed by atoms with Crippen LogP contribution in [0.25, 0.3) is 0 Å². The first kappa shape index (κ1) is 13.2. The highest BCUT2D eigenvalue weighted by Gasteiger charge is 2.11. The maximum absolute atomic E-state index is 4.39. The average Bonchev–Trinajstić information content (AvgIpc) is 2.63. The third-order valence-corrected chi connectivity index (χ3v) is 2.99. The van der Waals surface area contributed by atoms with Crippen molar-refractivity contribution in [1.29, 1.82) is 0 Å². The van der Waals surface area contributed by atoms with Crippen molar-refractivity contribution in [3.05, 3.63) is 18.0 Å². The zero-order chi connectivity index (χ0) is 12.0. The highest BCUT2D eigenvalue weighted by Crippen LogP contribution is 2.11. The van der Waals surface area contributed by atoms with Crippen LogP contribution in [0.4, 0.5) is 0 Å². The number of nitrogens with one attached hydrogen (secondary N) is 1. The number of hydrogen-bond acceptors (Lipinski definition) is 2. The lowest BCUT2D eigenvalue weighted by Crippen LogP contribution is -2.33. The van der Waals surface area contributed by atoms with Crippen LogP contribution in [-0.2, 0) is 13.5 Å². The van der Waals surface area contributed by atoms with Gasteiger partial charge in [0.25, 0.3) is 0 Å². The normalized spacial score (nSPS) is 13.3. The van der Waals surface area contributed by atoms with E-state index in [1.807, 2.05) is 17.9 Å². The second kappa shape index (κ2) is 6.69. The topological polar surface area (TPSA) is 29.9 Å². The molecule has 3 heteroatoms. The van der Waals surface area contributed by atoms with E-state index in [4.69, 9.17) is 0 Å². The minimum Gasteiger partial charge on any atom is -0.314 e. The number of rotatable bonds is 7. The second-order valence-corrected chi connectivity index (χ2v) is 4.78. The molecule has 1 rings (SSSR count). The van der Waals surface area contributed by atoms with Gasteiger partial charge in [0.1, 0.15) is 0 Å². The van der Waals surface area contributed by atoms with Crippen molar-refractivity contribution in [3.8, 4) is 0 Å². The molecule has 0 amide bonds. The minimum atomic E-state index is 0.647. The summed E-state index contributed by atoms with van der Waals surface area (Å²) >= 11 is 0. The van der Waals surface area contributed by atoms with Gasteiger partial charge >= 0.3 is 0 Å². The van der Waals surface area contributed by atoms with E-state index < -0.39 is 0 Å². The number of hydrogen-bond donors (Lipinski definition) is 1. The lowest BCUT2D eigenvalue weighted by molar-refractivity contribution is 0.376. The summed E-state index contributed by atoms with van der Waals surface area (Å²) < 4.78 is 1.87. The van der Waals surface area contributed by atoms with E-state index in [1.54, 1.807) is 0 Å². The molecule has 0 bridgehead atoms. The molecule has 0 saturated carbocycles. The lowest BCUT2D eigenvalue weighted by Gasteiger charge is -2.21. The smallest absolute Gasteiger partial charge is 0.0624 e. The molecule has 0 aliphatic rings. The Morgan fingerprint density at radius 3 is 2.69 bits per heavy atom. The van der Waals surface area contributed by atoms with Crippen LogP contribution in [0.15, 0.2) is 12.3 Å². The monoisotopic (exact) mass is 223 g/mol. The van der Waals surface area contributed by atoms with E-state index in [2.05, 4.69) is 37.3 Å². The first-order valence-electron chi connectivity index (χ1n) is 6.35. The van der Waals surface area contributed by atoms with Gasteiger partial charge in [-0.15, -0.1) is 0 Å². The molecule has 1 unspecified atom stereocenters. The van der Waals surface area contributed by atoms with Gasteiger partial charge in [-0.3, -0.25) is 4.68 Å². The van der Waals surface area contributed by atoms with Crippen LogP contribution in [0, 0.1) is 5.92 Å². The molecule has 16 heavy (non-hydrogen) atoms. The highest BCUT2D eigenvalue weighted by molar-refractivity contribution is 4.98. The predicted molar refractivity (Wildman–Crippen MR) is 68.4 cm³/mol. The van der Waals surface area contributed by atoms with Crippen molar-refractivity contribution in [2.24, 2.45) is 13.0 Å². The fraction of sp³-hybridized carbons (Fsp3) is 0.769. The van der Waals surface area contributed by atoms with Crippen LogP contribution in [0.3, 0.4) is 0 Å². The molecule has 1 heterocycles. The van der Waals surface area contributed by atoms with Crippen molar-refractivity contribution in [1.82, 2.24) is 15.1 Å². The molecule has 1 aromatic rings. The van der Waals surface area contributed by atoms with Gasteiger partial charge in [0.15, 0.2) is 0 Å². The molecule has 0 saturated heterocycles. The maximum atomic E-state index is 4.39. The van der Waals surface area contributed by atoms with Gasteiger partial charge in [-0.1, -0.05) is 20.8 Å². The summed E-state index contributed by atoms with van der Waals surface area (Å²) in [6, 6.07) is 2.76. The summed E-state index contributed by atoms with van der Waals surface area (Å²) in [5.41, 5.74) is 1.21. The van der Waals surface area contributed by atoms with Crippen LogP contribution in [0.2, 0.25) is 0 Å². The zero-order valence-electron chi connectivity index (χ0n) is 11.0. The molecule has 92 valence electrons. The predicted octanol–water partition coefficient (Wildman–Crippen LogP) is 2.38. The molecule has 0 aliphatic heterocycles. The van der Waals surface area contributed by atoms with Gasteiger partial charge in [-0.25, -0.2) is 0 Å². The summed E-state index contributed by atoms with van der Waals surface area (Å²) in [5.74, 6) is 0.712. The molecule has 1 aromatic heterocycles. The Hall–Kier alpha value is -0.830. The maximum Gasteiger partial charge on any atom is 0.0624 e. The first-order chi connectivity index (χ1) is 7.63. The quantitative estimate of drug-likeness (QED) is 0.769. The molecule has 0 spiro atoms. The number of aryl methyl sites for hydroxylation is 2. The molecule has 0 aliphatic carbocycles. The largest absolute Gasteiger partial charge is 0.314 e. The van der Waals surface area contributed by atoms with Crippen LogP contribution in [0.1, 0.15) is 39.3 Å². The van der Waals surface area contributed by atoms with Gasteiger partial charge in [0.2, 0.25) is 0 Å². The van der Waals surface area contributed by atoms with Gasteiger partial charge < -0.3 is 5.32 Å². The first-order valence-corrected chi connectivity index (χ1v) is 6.35.